The van der Waals surface area contributed by atoms with Crippen LogP contribution in [0.1, 0.15) is 19.4 Å². The Hall–Kier alpha value is -1.10. The normalized spacial score (nSPS) is 12.3. The minimum Gasteiger partial charge on any atom is -0.323 e. The molecule has 4 nitrogen and oxygen atoms in total. The van der Waals surface area contributed by atoms with Crippen molar-refractivity contribution in [1.82, 2.24) is 9.78 Å². The fraction of sp³-hybridized carbons (Fsp3) is 0.286. The number of hydrogen-bond acceptors (Lipinski definition) is 2. The molecule has 0 radical (unpaired) electrons. The lowest BCUT2D eigenvalue weighted by Gasteiger charge is -2.24. The van der Waals surface area contributed by atoms with Gasteiger partial charge in [0.1, 0.15) is 5.54 Å². The first kappa shape index (κ1) is 18.2. The maximum atomic E-state index is 12.7. The summed E-state index contributed by atoms with van der Waals surface area (Å²) >= 11 is 5.13. The van der Waals surface area contributed by atoms with E-state index < -0.39 is 23.2 Å². The molecule has 1 aromatic heterocycles. The average Bonchev–Trinajstić information content (AvgIpc) is 2.87. The van der Waals surface area contributed by atoms with Gasteiger partial charge in [0, 0.05) is 10.7 Å². The zero-order chi connectivity index (χ0) is 17.4. The number of aromatic nitrogens is 2. The summed E-state index contributed by atoms with van der Waals surface area (Å²) in [5, 5.41) is 6.73. The molecule has 2 rings (SSSR count). The number of halogens is 5. The van der Waals surface area contributed by atoms with E-state index in [0.717, 1.165) is 15.7 Å². The summed E-state index contributed by atoms with van der Waals surface area (Å²) in [5.74, 6) is -0.391. The molecule has 0 bridgehead atoms. The quantitative estimate of drug-likeness (QED) is 0.623. The van der Waals surface area contributed by atoms with Crippen molar-refractivity contribution in [3.05, 3.63) is 44.2 Å². The second-order valence-corrected chi connectivity index (χ2v) is 7.41. The second-order valence-electron chi connectivity index (χ2n) is 5.31. The highest BCUT2D eigenvalue weighted by atomic mass is 127. The second kappa shape index (κ2) is 6.42. The lowest BCUT2D eigenvalue weighted by Crippen LogP contribution is -2.40. The van der Waals surface area contributed by atoms with Gasteiger partial charge < -0.3 is 5.32 Å². The monoisotopic (exact) mass is 501 g/mol. The van der Waals surface area contributed by atoms with Gasteiger partial charge in [-0.3, -0.25) is 9.48 Å². The fourth-order valence-corrected chi connectivity index (χ4v) is 2.64. The number of carbonyl (C=O) groups excluding carboxylic acids is 1. The lowest BCUT2D eigenvalue weighted by molar-refractivity contribution is -0.137. The standard InChI is InChI=1S/C14H12BrF3IN3O/c1-13(2,22-7-9(19)6-20-22)12(23)21-11-4-3-8(5-10(11)15)14(16,17)18/h3-7H,1-2H3,(H,21,23). The number of nitrogens with one attached hydrogen (secondary N) is 1. The molecule has 0 fully saturated rings. The maximum Gasteiger partial charge on any atom is 0.416 e. The highest BCUT2D eigenvalue weighted by Gasteiger charge is 2.33. The van der Waals surface area contributed by atoms with Gasteiger partial charge in [0.2, 0.25) is 0 Å². The third-order valence-electron chi connectivity index (χ3n) is 3.22. The first-order valence-corrected chi connectivity index (χ1v) is 8.28. The zero-order valence-corrected chi connectivity index (χ0v) is 15.8. The zero-order valence-electron chi connectivity index (χ0n) is 12.1. The molecule has 1 N–H and O–H groups in total. The molecule has 9 heteroatoms. The van der Waals surface area contributed by atoms with Gasteiger partial charge in [-0.2, -0.15) is 18.3 Å². The lowest BCUT2D eigenvalue weighted by atomic mass is 10.0. The molecule has 1 heterocycles. The van der Waals surface area contributed by atoms with E-state index in [1.165, 1.54) is 10.7 Å². The first-order chi connectivity index (χ1) is 10.5. The molecule has 124 valence electrons. The van der Waals surface area contributed by atoms with Gasteiger partial charge >= 0.3 is 6.18 Å². The Balaban J connectivity index is 2.23. The molecule has 1 amide bonds. The number of hydrogen-bond donors (Lipinski definition) is 1. The van der Waals surface area contributed by atoms with E-state index in [1.54, 1.807) is 26.2 Å². The van der Waals surface area contributed by atoms with Crippen molar-refractivity contribution in [2.75, 3.05) is 5.32 Å². The van der Waals surface area contributed by atoms with E-state index in [4.69, 9.17) is 0 Å². The van der Waals surface area contributed by atoms with E-state index in [1.807, 2.05) is 0 Å². The van der Waals surface area contributed by atoms with Crippen LogP contribution in [0, 0.1) is 3.57 Å². The molecule has 0 aliphatic rings. The van der Waals surface area contributed by atoms with Gasteiger partial charge in [0.05, 0.1) is 21.0 Å². The molecule has 0 spiro atoms. The van der Waals surface area contributed by atoms with Crippen molar-refractivity contribution in [2.24, 2.45) is 0 Å². The average molecular weight is 502 g/mol. The SMILES string of the molecule is CC(C)(C(=O)Nc1ccc(C(F)(F)F)cc1Br)n1cc(I)cn1. The third-order valence-corrected chi connectivity index (χ3v) is 4.44. The maximum absolute atomic E-state index is 12.7. The van der Waals surface area contributed by atoms with Crippen molar-refractivity contribution in [3.8, 4) is 0 Å². The largest absolute Gasteiger partial charge is 0.416 e. The number of nitrogens with zero attached hydrogens (tertiary/aromatic N) is 2. The highest BCUT2D eigenvalue weighted by molar-refractivity contribution is 14.1. The number of alkyl halides is 3. The van der Waals surface area contributed by atoms with Crippen LogP contribution in [-0.4, -0.2) is 15.7 Å². The molecular formula is C14H12BrF3IN3O. The van der Waals surface area contributed by atoms with Crippen molar-refractivity contribution in [3.63, 3.8) is 0 Å². The summed E-state index contributed by atoms with van der Waals surface area (Å²) in [6, 6.07) is 3.07. The molecule has 2 aromatic rings. The Morgan fingerprint density at radius 1 is 1.35 bits per heavy atom. The molecule has 0 aliphatic carbocycles. The summed E-state index contributed by atoms with van der Waals surface area (Å²) in [7, 11) is 0. The molecule has 23 heavy (non-hydrogen) atoms. The molecule has 0 atom stereocenters. The van der Waals surface area contributed by atoms with Crippen LogP contribution in [0.2, 0.25) is 0 Å². The van der Waals surface area contributed by atoms with Crippen molar-refractivity contribution in [2.45, 2.75) is 25.6 Å². The summed E-state index contributed by atoms with van der Waals surface area (Å²) in [4.78, 5) is 12.5. The van der Waals surface area contributed by atoms with Crippen molar-refractivity contribution in [1.29, 1.82) is 0 Å². The van der Waals surface area contributed by atoms with Gasteiger partial charge in [-0.05, 0) is 70.6 Å². The van der Waals surface area contributed by atoms with Gasteiger partial charge in [-0.1, -0.05) is 0 Å². The smallest absolute Gasteiger partial charge is 0.323 e. The summed E-state index contributed by atoms with van der Waals surface area (Å²) in [5.41, 5.74) is -1.52. The Morgan fingerprint density at radius 3 is 2.48 bits per heavy atom. The fourth-order valence-electron chi connectivity index (χ4n) is 1.78. The topological polar surface area (TPSA) is 46.9 Å². The Labute approximate surface area is 152 Å². The van der Waals surface area contributed by atoms with Crippen LogP contribution >= 0.6 is 38.5 Å². The first-order valence-electron chi connectivity index (χ1n) is 6.40. The van der Waals surface area contributed by atoms with E-state index >= 15 is 0 Å². The Kier molecular flexibility index (Phi) is 5.09. The van der Waals surface area contributed by atoms with Crippen LogP contribution in [-0.2, 0) is 16.5 Å². The van der Waals surface area contributed by atoms with Crippen LogP contribution in [0.25, 0.3) is 0 Å². The van der Waals surface area contributed by atoms with E-state index in [2.05, 4.69) is 48.9 Å². The van der Waals surface area contributed by atoms with Gasteiger partial charge in [-0.15, -0.1) is 0 Å². The minimum absolute atomic E-state index is 0.159. The summed E-state index contributed by atoms with van der Waals surface area (Å²) in [6.07, 6.45) is -1.11. The van der Waals surface area contributed by atoms with E-state index in [-0.39, 0.29) is 10.2 Å². The number of anilines is 1. The number of amides is 1. The number of benzene rings is 1. The molecular weight excluding hydrogens is 490 g/mol. The van der Waals surface area contributed by atoms with Gasteiger partial charge in [0.25, 0.3) is 5.91 Å². The number of carbonyl (C=O) groups is 1. The van der Waals surface area contributed by atoms with Crippen LogP contribution < -0.4 is 5.32 Å². The van der Waals surface area contributed by atoms with E-state index in [0.29, 0.717) is 0 Å². The van der Waals surface area contributed by atoms with Crippen LogP contribution in [0.15, 0.2) is 35.1 Å². The molecule has 1 aromatic carbocycles. The van der Waals surface area contributed by atoms with Crippen LogP contribution in [0.3, 0.4) is 0 Å². The molecule has 0 saturated heterocycles. The minimum atomic E-state index is -4.43. The van der Waals surface area contributed by atoms with Crippen LogP contribution in [0.5, 0.6) is 0 Å². The van der Waals surface area contributed by atoms with Gasteiger partial charge in [-0.25, -0.2) is 0 Å². The molecule has 0 aliphatic heterocycles. The predicted octanol–water partition coefficient (Wildman–Crippen LogP) is 4.64. The van der Waals surface area contributed by atoms with Gasteiger partial charge in [0.15, 0.2) is 0 Å². The van der Waals surface area contributed by atoms with Crippen LogP contribution in [0.4, 0.5) is 18.9 Å². The molecule has 0 unspecified atom stereocenters. The van der Waals surface area contributed by atoms with Crippen molar-refractivity contribution < 1.29 is 18.0 Å². The van der Waals surface area contributed by atoms with E-state index in [9.17, 15) is 18.0 Å². The van der Waals surface area contributed by atoms with Crippen molar-refractivity contribution >= 4 is 50.1 Å². The summed E-state index contributed by atoms with van der Waals surface area (Å²) in [6.45, 7) is 3.34. The summed E-state index contributed by atoms with van der Waals surface area (Å²) < 4.78 is 40.5. The predicted molar refractivity (Wildman–Crippen MR) is 92.0 cm³/mol. The number of rotatable bonds is 3. The third kappa shape index (κ3) is 4.06. The molecule has 0 saturated carbocycles. The Morgan fingerprint density at radius 2 is 2.00 bits per heavy atom. The highest BCUT2D eigenvalue weighted by Crippen LogP contribution is 2.34. The Bertz CT molecular complexity index is 743.